The fourth-order valence-corrected chi connectivity index (χ4v) is 5.06. The van der Waals surface area contributed by atoms with E-state index in [9.17, 15) is 4.79 Å². The minimum absolute atomic E-state index is 0.212. The van der Waals surface area contributed by atoms with E-state index in [1.54, 1.807) is 7.11 Å². The first kappa shape index (κ1) is 20.9. The quantitative estimate of drug-likeness (QED) is 0.508. The summed E-state index contributed by atoms with van der Waals surface area (Å²) in [6.07, 6.45) is 3.27. The van der Waals surface area contributed by atoms with Gasteiger partial charge in [-0.05, 0) is 42.9 Å². The lowest BCUT2D eigenvalue weighted by Crippen LogP contribution is -2.39. The van der Waals surface area contributed by atoms with Crippen molar-refractivity contribution in [3.05, 3.63) is 60.2 Å². The lowest BCUT2D eigenvalue weighted by Gasteiger charge is -2.32. The third kappa shape index (κ3) is 5.05. The van der Waals surface area contributed by atoms with Crippen molar-refractivity contribution in [1.82, 2.24) is 14.5 Å². The molecule has 1 aliphatic rings. The minimum Gasteiger partial charge on any atom is -0.383 e. The third-order valence-electron chi connectivity index (χ3n) is 5.80. The lowest BCUT2D eigenvalue weighted by molar-refractivity contribution is -0.129. The third-order valence-corrected chi connectivity index (χ3v) is 6.76. The number of likely N-dealkylation sites (tertiary alicyclic amines) is 1. The van der Waals surface area contributed by atoms with E-state index in [1.807, 2.05) is 23.1 Å². The van der Waals surface area contributed by atoms with Crippen molar-refractivity contribution in [3.63, 3.8) is 0 Å². The Bertz CT molecular complexity index is 965. The number of carbonyl (C=O) groups is 1. The van der Waals surface area contributed by atoms with Crippen molar-refractivity contribution in [2.75, 3.05) is 32.6 Å². The molecule has 2 heterocycles. The summed E-state index contributed by atoms with van der Waals surface area (Å²) in [6.45, 7) is 3.07. The first-order valence-corrected chi connectivity index (χ1v) is 11.6. The number of hydrogen-bond donors (Lipinski definition) is 0. The Morgan fingerprint density at radius 3 is 2.60 bits per heavy atom. The molecule has 6 heteroatoms. The molecule has 1 aliphatic heterocycles. The number of piperidine rings is 1. The Balaban J connectivity index is 1.32. The fraction of sp³-hybridized carbons (Fsp3) is 0.417. The van der Waals surface area contributed by atoms with Crippen LogP contribution in [0.3, 0.4) is 0 Å². The van der Waals surface area contributed by atoms with Crippen molar-refractivity contribution in [1.29, 1.82) is 0 Å². The monoisotopic (exact) mass is 423 g/mol. The maximum absolute atomic E-state index is 12.8. The number of imidazole rings is 1. The normalized spacial score (nSPS) is 15.0. The molecule has 0 aliphatic carbocycles. The zero-order chi connectivity index (χ0) is 20.8. The first-order chi connectivity index (χ1) is 14.7. The molecule has 1 fully saturated rings. The van der Waals surface area contributed by atoms with Gasteiger partial charge in [0, 0.05) is 26.7 Å². The van der Waals surface area contributed by atoms with Gasteiger partial charge in [-0.25, -0.2) is 4.98 Å². The molecule has 4 rings (SSSR count). The van der Waals surface area contributed by atoms with Crippen LogP contribution in [0, 0.1) is 5.92 Å². The Morgan fingerprint density at radius 2 is 1.83 bits per heavy atom. The molecule has 2 aromatic carbocycles. The number of amides is 1. The van der Waals surface area contributed by atoms with Crippen LogP contribution in [0.5, 0.6) is 0 Å². The van der Waals surface area contributed by atoms with Crippen LogP contribution >= 0.6 is 11.8 Å². The number of ether oxygens (including phenoxy) is 1. The lowest BCUT2D eigenvalue weighted by atomic mass is 9.90. The predicted octanol–water partition coefficient (Wildman–Crippen LogP) is 4.26. The zero-order valence-electron chi connectivity index (χ0n) is 17.5. The number of thioether (sulfide) groups is 1. The summed E-state index contributed by atoms with van der Waals surface area (Å²) < 4.78 is 7.42. The fourth-order valence-electron chi connectivity index (χ4n) is 4.11. The second-order valence-electron chi connectivity index (χ2n) is 7.83. The summed E-state index contributed by atoms with van der Waals surface area (Å²) in [6, 6.07) is 18.8. The maximum Gasteiger partial charge on any atom is 0.233 e. The molecule has 0 spiro atoms. The minimum atomic E-state index is 0.212. The van der Waals surface area contributed by atoms with Gasteiger partial charge in [0.05, 0.1) is 23.4 Å². The van der Waals surface area contributed by atoms with E-state index in [0.717, 1.165) is 55.1 Å². The highest BCUT2D eigenvalue weighted by Gasteiger charge is 2.23. The van der Waals surface area contributed by atoms with Gasteiger partial charge >= 0.3 is 0 Å². The number of para-hydroxylation sites is 2. The topological polar surface area (TPSA) is 47.4 Å². The summed E-state index contributed by atoms with van der Waals surface area (Å²) in [7, 11) is 1.71. The van der Waals surface area contributed by atoms with Gasteiger partial charge in [0.2, 0.25) is 5.91 Å². The van der Waals surface area contributed by atoms with E-state index >= 15 is 0 Å². The van der Waals surface area contributed by atoms with E-state index < -0.39 is 0 Å². The van der Waals surface area contributed by atoms with Gasteiger partial charge in [-0.15, -0.1) is 0 Å². The largest absolute Gasteiger partial charge is 0.383 e. The van der Waals surface area contributed by atoms with Crippen LogP contribution in [-0.4, -0.2) is 52.9 Å². The predicted molar refractivity (Wildman–Crippen MR) is 122 cm³/mol. The molecule has 0 radical (unpaired) electrons. The molecule has 1 amide bonds. The van der Waals surface area contributed by atoms with Crippen LogP contribution in [0.1, 0.15) is 18.4 Å². The molecule has 5 nitrogen and oxygen atoms in total. The SMILES string of the molecule is COCCn1c(SCC(=O)N2CCC(Cc3ccccc3)CC2)nc2ccccc21. The van der Waals surface area contributed by atoms with Crippen molar-refractivity contribution in [2.45, 2.75) is 31.0 Å². The van der Waals surface area contributed by atoms with Gasteiger partial charge in [0.25, 0.3) is 0 Å². The molecule has 3 aromatic rings. The molecule has 0 atom stereocenters. The van der Waals surface area contributed by atoms with Gasteiger partial charge < -0.3 is 14.2 Å². The smallest absolute Gasteiger partial charge is 0.233 e. The van der Waals surface area contributed by atoms with Gasteiger partial charge in [-0.1, -0.05) is 54.2 Å². The first-order valence-electron chi connectivity index (χ1n) is 10.6. The van der Waals surface area contributed by atoms with Crippen LogP contribution in [-0.2, 0) is 22.5 Å². The molecule has 0 bridgehead atoms. The van der Waals surface area contributed by atoms with Crippen molar-refractivity contribution in [3.8, 4) is 0 Å². The summed E-state index contributed by atoms with van der Waals surface area (Å²) >= 11 is 1.53. The number of aromatic nitrogens is 2. The van der Waals surface area contributed by atoms with Gasteiger partial charge in [0.15, 0.2) is 5.16 Å². The number of methoxy groups -OCH3 is 1. The number of benzene rings is 2. The van der Waals surface area contributed by atoms with Crippen LogP contribution in [0.4, 0.5) is 0 Å². The van der Waals surface area contributed by atoms with Crippen molar-refractivity contribution < 1.29 is 9.53 Å². The summed E-state index contributed by atoms with van der Waals surface area (Å²) in [5, 5.41) is 0.889. The average molecular weight is 424 g/mol. The van der Waals surface area contributed by atoms with E-state index in [-0.39, 0.29) is 5.91 Å². The summed E-state index contributed by atoms with van der Waals surface area (Å²) in [5.74, 6) is 1.31. The molecular formula is C24H29N3O2S. The zero-order valence-corrected chi connectivity index (χ0v) is 18.3. The second kappa shape index (κ2) is 10.1. The van der Waals surface area contributed by atoms with E-state index in [1.165, 1.54) is 17.3 Å². The van der Waals surface area contributed by atoms with E-state index in [4.69, 9.17) is 9.72 Å². The number of fused-ring (bicyclic) bond motifs is 1. The number of nitrogens with zero attached hydrogens (tertiary/aromatic N) is 3. The molecule has 0 unspecified atom stereocenters. The standard InChI is InChI=1S/C24H29N3O2S/c1-29-16-15-27-22-10-6-5-9-21(22)25-24(27)30-18-23(28)26-13-11-20(12-14-26)17-19-7-3-2-4-8-19/h2-10,20H,11-18H2,1H3. The maximum atomic E-state index is 12.8. The number of rotatable bonds is 8. The number of hydrogen-bond acceptors (Lipinski definition) is 4. The molecule has 0 saturated carbocycles. The molecular weight excluding hydrogens is 394 g/mol. The molecule has 158 valence electrons. The Morgan fingerprint density at radius 1 is 1.10 bits per heavy atom. The van der Waals surface area contributed by atoms with Crippen LogP contribution < -0.4 is 0 Å². The van der Waals surface area contributed by atoms with Crippen molar-refractivity contribution >= 4 is 28.7 Å². The Labute approximate surface area is 182 Å². The van der Waals surface area contributed by atoms with Gasteiger partial charge in [0.1, 0.15) is 0 Å². The Hall–Kier alpha value is -2.31. The second-order valence-corrected chi connectivity index (χ2v) is 8.77. The van der Waals surface area contributed by atoms with E-state index in [2.05, 4.69) is 41.0 Å². The summed E-state index contributed by atoms with van der Waals surface area (Å²) in [4.78, 5) is 19.6. The van der Waals surface area contributed by atoms with Crippen LogP contribution in [0.25, 0.3) is 11.0 Å². The van der Waals surface area contributed by atoms with Gasteiger partial charge in [-0.3, -0.25) is 4.79 Å². The van der Waals surface area contributed by atoms with Crippen LogP contribution in [0.2, 0.25) is 0 Å². The van der Waals surface area contributed by atoms with Crippen LogP contribution in [0.15, 0.2) is 59.8 Å². The highest BCUT2D eigenvalue weighted by Crippen LogP contribution is 2.26. The average Bonchev–Trinajstić information content (AvgIpc) is 3.14. The number of carbonyl (C=O) groups excluding carboxylic acids is 1. The van der Waals surface area contributed by atoms with E-state index in [0.29, 0.717) is 18.3 Å². The molecule has 0 N–H and O–H groups in total. The van der Waals surface area contributed by atoms with Crippen molar-refractivity contribution in [2.24, 2.45) is 5.92 Å². The molecule has 1 saturated heterocycles. The highest BCUT2D eigenvalue weighted by atomic mass is 32.2. The summed E-state index contributed by atoms with van der Waals surface area (Å²) in [5.41, 5.74) is 3.45. The molecule has 1 aromatic heterocycles. The van der Waals surface area contributed by atoms with Gasteiger partial charge in [-0.2, -0.15) is 0 Å². The Kier molecular flexibility index (Phi) is 7.07. The highest BCUT2D eigenvalue weighted by molar-refractivity contribution is 7.99. The molecule has 30 heavy (non-hydrogen) atoms.